The molecule has 17 heteroatoms. The number of hydrogen-bond donors (Lipinski definition) is 8. The first-order chi connectivity index (χ1) is 28.6. The van der Waals surface area contributed by atoms with Gasteiger partial charge < -0.3 is 47.6 Å². The lowest BCUT2D eigenvalue weighted by molar-refractivity contribution is -0.144. The molecule has 1 aliphatic heterocycles. The molecule has 1 fully saturated rings. The molecule has 3 rings (SSSR count). The number of hydrogen-bond acceptors (Lipinski definition) is 8. The number of aryl methyl sites for hydroxylation is 1. The van der Waals surface area contributed by atoms with Crippen molar-refractivity contribution in [3.05, 3.63) is 71.8 Å². The zero-order valence-electron chi connectivity index (χ0n) is 35.2. The van der Waals surface area contributed by atoms with E-state index in [0.29, 0.717) is 32.1 Å². The molecule has 0 aromatic heterocycles. The van der Waals surface area contributed by atoms with Crippen LogP contribution in [-0.2, 0) is 46.4 Å². The summed E-state index contributed by atoms with van der Waals surface area (Å²) in [7, 11) is 1.32. The van der Waals surface area contributed by atoms with Crippen LogP contribution in [0.3, 0.4) is 0 Å². The van der Waals surface area contributed by atoms with Crippen LogP contribution in [0.2, 0.25) is 0 Å². The molecule has 2 aromatic carbocycles. The molecule has 60 heavy (non-hydrogen) atoms. The van der Waals surface area contributed by atoms with Crippen LogP contribution in [0.15, 0.2) is 60.7 Å². The fourth-order valence-electron chi connectivity index (χ4n) is 6.85. The molecular weight excluding hydrogens is 773 g/mol. The summed E-state index contributed by atoms with van der Waals surface area (Å²) in [5.41, 5.74) is 7.17. The van der Waals surface area contributed by atoms with Crippen LogP contribution in [-0.4, -0.2) is 107 Å². The molecule has 328 valence electrons. The van der Waals surface area contributed by atoms with Crippen molar-refractivity contribution in [3.8, 4) is 0 Å². The Morgan fingerprint density at radius 1 is 0.817 bits per heavy atom. The van der Waals surface area contributed by atoms with Gasteiger partial charge in [0.2, 0.25) is 35.4 Å². The number of carbonyl (C=O) groups is 8. The van der Waals surface area contributed by atoms with Crippen molar-refractivity contribution in [1.82, 2.24) is 36.8 Å². The molecule has 2 aromatic rings. The third-order valence-corrected chi connectivity index (χ3v) is 11.0. The summed E-state index contributed by atoms with van der Waals surface area (Å²) in [5.74, 6) is -6.48. The molecule has 8 atom stereocenters. The summed E-state index contributed by atoms with van der Waals surface area (Å²) >= 11 is 0. The maximum atomic E-state index is 14.4. The minimum absolute atomic E-state index is 0.0486. The van der Waals surface area contributed by atoms with Gasteiger partial charge in [-0.1, -0.05) is 101 Å². The molecule has 1 aliphatic rings. The Morgan fingerprint density at radius 3 is 2.02 bits per heavy atom. The van der Waals surface area contributed by atoms with Crippen molar-refractivity contribution in [2.75, 3.05) is 13.6 Å². The molecule has 17 nitrogen and oxygen atoms in total. The Kier molecular flexibility index (Phi) is 19.5. The molecule has 0 spiro atoms. The van der Waals surface area contributed by atoms with Crippen LogP contribution in [0.1, 0.15) is 83.8 Å². The van der Waals surface area contributed by atoms with E-state index in [1.807, 2.05) is 37.3 Å². The Bertz CT molecular complexity index is 1780. The van der Waals surface area contributed by atoms with Gasteiger partial charge in [-0.2, -0.15) is 0 Å². The van der Waals surface area contributed by atoms with Crippen LogP contribution in [0.25, 0.3) is 0 Å². The summed E-state index contributed by atoms with van der Waals surface area (Å²) in [6.45, 7) is 7.14. The van der Waals surface area contributed by atoms with Gasteiger partial charge >= 0.3 is 12.0 Å². The van der Waals surface area contributed by atoms with Crippen molar-refractivity contribution in [3.63, 3.8) is 0 Å². The number of carboxylic acids is 1. The number of benzene rings is 2. The van der Waals surface area contributed by atoms with E-state index < -0.39 is 102 Å². The number of amides is 8. The number of aliphatic carboxylic acids is 1. The summed E-state index contributed by atoms with van der Waals surface area (Å²) in [6.07, 6.45) is 1.45. The van der Waals surface area contributed by atoms with Crippen molar-refractivity contribution >= 4 is 47.4 Å². The van der Waals surface area contributed by atoms with Gasteiger partial charge in [0.05, 0.1) is 6.42 Å². The third kappa shape index (κ3) is 15.0. The number of nitrogens with zero attached hydrogens (tertiary/aromatic N) is 1. The summed E-state index contributed by atoms with van der Waals surface area (Å²) < 4.78 is 0. The van der Waals surface area contributed by atoms with E-state index in [2.05, 4.69) is 31.9 Å². The average Bonchev–Trinajstić information content (AvgIpc) is 3.23. The Morgan fingerprint density at radius 2 is 1.43 bits per heavy atom. The number of carboxylic acid groups (broad SMARTS) is 1. The SMILES string of the molecule is CCC(C)C(NC(=O)NC1CCCCNC(=O)C(Cc2ccccc2)NC(=O)C(CC(N)=O)N(C)C(=O)C(CCc2ccccc2)NC(=O)C(C(C)CC)NC1=O)C(=O)O. The maximum absolute atomic E-state index is 14.4. The van der Waals surface area contributed by atoms with Crippen molar-refractivity contribution in [2.45, 2.75) is 122 Å². The normalized spacial score (nSPS) is 22.9. The average molecular weight is 835 g/mol. The fraction of sp³-hybridized carbons (Fsp3) is 0.535. The number of primary amides is 1. The van der Waals surface area contributed by atoms with Crippen molar-refractivity contribution in [2.24, 2.45) is 17.6 Å². The van der Waals surface area contributed by atoms with Crippen LogP contribution in [0, 0.1) is 11.8 Å². The van der Waals surface area contributed by atoms with Gasteiger partial charge in [0.15, 0.2) is 0 Å². The topological polar surface area (TPSA) is 258 Å². The van der Waals surface area contributed by atoms with Crippen LogP contribution < -0.4 is 37.6 Å². The summed E-state index contributed by atoms with van der Waals surface area (Å²) in [5, 5.41) is 25.9. The molecule has 0 radical (unpaired) electrons. The van der Waals surface area contributed by atoms with Crippen molar-refractivity contribution < 1.29 is 43.5 Å². The molecule has 8 amide bonds. The first-order valence-electron chi connectivity index (χ1n) is 20.7. The van der Waals surface area contributed by atoms with E-state index in [9.17, 15) is 43.5 Å². The Labute approximate surface area is 351 Å². The van der Waals surface area contributed by atoms with Crippen LogP contribution >= 0.6 is 0 Å². The first kappa shape index (κ1) is 48.4. The fourth-order valence-corrected chi connectivity index (χ4v) is 6.85. The van der Waals surface area contributed by atoms with Gasteiger partial charge in [0.25, 0.3) is 0 Å². The van der Waals surface area contributed by atoms with Crippen molar-refractivity contribution in [1.29, 1.82) is 0 Å². The Balaban J connectivity index is 2.07. The zero-order valence-corrected chi connectivity index (χ0v) is 35.2. The Hall–Kier alpha value is -6.00. The van der Waals surface area contributed by atoms with E-state index in [-0.39, 0.29) is 25.8 Å². The quantitative estimate of drug-likeness (QED) is 0.137. The van der Waals surface area contributed by atoms with Gasteiger partial charge in [-0.05, 0) is 55.1 Å². The molecule has 0 bridgehead atoms. The highest BCUT2D eigenvalue weighted by atomic mass is 16.4. The molecule has 0 aliphatic carbocycles. The first-order valence-corrected chi connectivity index (χ1v) is 20.7. The molecule has 9 N–H and O–H groups in total. The van der Waals surface area contributed by atoms with Gasteiger partial charge in [-0.15, -0.1) is 0 Å². The second-order valence-electron chi connectivity index (χ2n) is 15.5. The highest BCUT2D eigenvalue weighted by Gasteiger charge is 2.38. The number of likely N-dealkylation sites (N-methyl/N-ethyl adjacent to an activating group) is 1. The highest BCUT2D eigenvalue weighted by Crippen LogP contribution is 2.16. The number of nitrogens with one attached hydrogen (secondary N) is 6. The zero-order chi connectivity index (χ0) is 44.4. The largest absolute Gasteiger partial charge is 0.480 e. The maximum Gasteiger partial charge on any atom is 0.326 e. The van der Waals surface area contributed by atoms with E-state index in [1.165, 1.54) is 7.05 Å². The minimum Gasteiger partial charge on any atom is -0.480 e. The number of urea groups is 1. The van der Waals surface area contributed by atoms with E-state index in [4.69, 9.17) is 5.73 Å². The lowest BCUT2D eigenvalue weighted by atomic mass is 9.96. The standard InChI is InChI=1S/C43H62N8O9/c1-6-26(3)35-40(56)46-31(22-21-28-16-10-8-11-17-28)41(57)51(5)33(25-34(44)52)39(55)47-32(24-29-18-12-9-13-19-29)37(53)45-23-15-14-20-30(38(54)49-35)48-43(60)50-36(42(58)59)27(4)7-2/h8-13,16-19,26-27,30-33,35-36H,6-7,14-15,20-25H2,1-5H3,(H2,44,52)(H,45,53)(H,46,56)(H,47,55)(H,49,54)(H,58,59)(H2,48,50,60). The van der Waals surface area contributed by atoms with Gasteiger partial charge in [0, 0.05) is 20.0 Å². The van der Waals surface area contributed by atoms with E-state index in [1.54, 1.807) is 51.1 Å². The predicted molar refractivity (Wildman–Crippen MR) is 224 cm³/mol. The second-order valence-corrected chi connectivity index (χ2v) is 15.5. The molecular formula is C43H62N8O9. The van der Waals surface area contributed by atoms with Gasteiger partial charge in [0.1, 0.15) is 36.3 Å². The highest BCUT2D eigenvalue weighted by molar-refractivity contribution is 5.98. The van der Waals surface area contributed by atoms with E-state index >= 15 is 0 Å². The second kappa shape index (κ2) is 24.2. The monoisotopic (exact) mass is 834 g/mol. The third-order valence-electron chi connectivity index (χ3n) is 11.0. The summed E-state index contributed by atoms with van der Waals surface area (Å²) in [6, 6.07) is 9.75. The van der Waals surface area contributed by atoms with Gasteiger partial charge in [-0.25, -0.2) is 9.59 Å². The molecule has 1 saturated heterocycles. The molecule has 0 saturated carbocycles. The lowest BCUT2D eigenvalue weighted by Gasteiger charge is -2.33. The van der Waals surface area contributed by atoms with Crippen LogP contribution in [0.5, 0.6) is 0 Å². The van der Waals surface area contributed by atoms with Crippen LogP contribution in [0.4, 0.5) is 4.79 Å². The van der Waals surface area contributed by atoms with E-state index in [0.717, 1.165) is 16.0 Å². The predicted octanol–water partition coefficient (Wildman–Crippen LogP) is 1.53. The van der Waals surface area contributed by atoms with Gasteiger partial charge in [-0.3, -0.25) is 28.8 Å². The molecule has 1 heterocycles. The lowest BCUT2D eigenvalue weighted by Crippen LogP contribution is -2.61. The minimum atomic E-state index is -1.46. The molecule has 8 unspecified atom stereocenters. The number of nitrogens with two attached hydrogens (primary N) is 1. The number of carbonyl (C=O) groups excluding carboxylic acids is 7. The smallest absolute Gasteiger partial charge is 0.326 e. The number of rotatable bonds is 14. The summed E-state index contributed by atoms with van der Waals surface area (Å²) in [4.78, 5) is 109.